The van der Waals surface area contributed by atoms with Crippen LogP contribution in [0.3, 0.4) is 0 Å². The second-order valence-electron chi connectivity index (χ2n) is 4.48. The molecule has 0 bridgehead atoms. The normalized spacial score (nSPS) is 10.7. The van der Waals surface area contributed by atoms with Crippen LogP contribution in [0.5, 0.6) is 0 Å². The summed E-state index contributed by atoms with van der Waals surface area (Å²) in [5.41, 5.74) is 1.83. The Kier molecular flexibility index (Phi) is 5.31. The maximum atomic E-state index is 11.8. The van der Waals surface area contributed by atoms with E-state index in [-0.39, 0.29) is 5.91 Å². The zero-order chi connectivity index (χ0) is 14.4. The highest BCUT2D eigenvalue weighted by Crippen LogP contribution is 2.07. The number of amides is 1. The summed E-state index contributed by atoms with van der Waals surface area (Å²) in [7, 11) is 1.69. The van der Waals surface area contributed by atoms with Gasteiger partial charge in [-0.2, -0.15) is 11.3 Å². The number of aryl methyl sites for hydroxylation is 1. The molecule has 0 radical (unpaired) electrons. The van der Waals surface area contributed by atoms with Gasteiger partial charge >= 0.3 is 0 Å². The van der Waals surface area contributed by atoms with Crippen LogP contribution in [0, 0.1) is 6.92 Å². The number of hydrogen-bond acceptors (Lipinski definition) is 4. The van der Waals surface area contributed by atoms with Gasteiger partial charge in [-0.05, 0) is 18.4 Å². The lowest BCUT2D eigenvalue weighted by molar-refractivity contribution is 0.0954. The van der Waals surface area contributed by atoms with E-state index >= 15 is 0 Å². The topological polar surface area (TPSA) is 56.1 Å². The lowest BCUT2D eigenvalue weighted by atomic mass is 10.3. The number of thiophene rings is 1. The van der Waals surface area contributed by atoms with Crippen molar-refractivity contribution >= 4 is 17.2 Å². The lowest BCUT2D eigenvalue weighted by Crippen LogP contribution is -2.26. The van der Waals surface area contributed by atoms with E-state index < -0.39 is 0 Å². The fourth-order valence-electron chi connectivity index (χ4n) is 1.98. The summed E-state index contributed by atoms with van der Waals surface area (Å²) in [4.78, 5) is 16.2. The number of rotatable bonds is 7. The summed E-state index contributed by atoms with van der Waals surface area (Å²) in [6.07, 6.45) is 2.57. The zero-order valence-corrected chi connectivity index (χ0v) is 12.6. The smallest absolute Gasteiger partial charge is 0.252 e. The van der Waals surface area contributed by atoms with Crippen molar-refractivity contribution in [2.45, 2.75) is 19.9 Å². The number of hydrogen-bond donors (Lipinski definition) is 1. The fourth-order valence-corrected chi connectivity index (χ4v) is 2.62. The van der Waals surface area contributed by atoms with Crippen LogP contribution in [0.2, 0.25) is 0 Å². The largest absolute Gasteiger partial charge is 0.383 e. The molecule has 0 aromatic carbocycles. The molecule has 5 nitrogen and oxygen atoms in total. The van der Waals surface area contributed by atoms with Gasteiger partial charge in [0.25, 0.3) is 5.91 Å². The third-order valence-corrected chi connectivity index (χ3v) is 3.76. The summed E-state index contributed by atoms with van der Waals surface area (Å²) < 4.78 is 7.22. The van der Waals surface area contributed by atoms with Crippen molar-refractivity contribution in [2.75, 3.05) is 20.3 Å². The molecule has 0 unspecified atom stereocenters. The first-order valence-electron chi connectivity index (χ1n) is 6.52. The van der Waals surface area contributed by atoms with Gasteiger partial charge in [-0.1, -0.05) is 0 Å². The van der Waals surface area contributed by atoms with Crippen LogP contribution in [-0.2, 0) is 17.7 Å². The average molecular weight is 293 g/mol. The van der Waals surface area contributed by atoms with Crippen molar-refractivity contribution in [3.63, 3.8) is 0 Å². The maximum absolute atomic E-state index is 11.8. The minimum atomic E-state index is -0.0297. The summed E-state index contributed by atoms with van der Waals surface area (Å²) in [5, 5.41) is 6.65. The minimum Gasteiger partial charge on any atom is -0.383 e. The highest BCUT2D eigenvalue weighted by molar-refractivity contribution is 7.08. The standard InChI is InChI=1S/C14H19N3O2S/c1-11-9-16-13(17(11)6-7-19-2)3-5-15-14(18)12-4-8-20-10-12/h4,8-10H,3,5-7H2,1-2H3,(H,15,18). The van der Waals surface area contributed by atoms with Gasteiger partial charge in [0.05, 0.1) is 6.61 Å². The SMILES string of the molecule is COCCn1c(C)cnc1CCNC(=O)c1ccsc1. The second kappa shape index (κ2) is 7.21. The van der Waals surface area contributed by atoms with E-state index in [1.807, 2.05) is 29.9 Å². The Morgan fingerprint density at radius 2 is 2.40 bits per heavy atom. The molecule has 0 saturated heterocycles. The van der Waals surface area contributed by atoms with Crippen molar-refractivity contribution in [2.24, 2.45) is 0 Å². The molecule has 0 saturated carbocycles. The Hall–Kier alpha value is -1.66. The molecule has 20 heavy (non-hydrogen) atoms. The van der Waals surface area contributed by atoms with Gasteiger partial charge < -0.3 is 14.6 Å². The van der Waals surface area contributed by atoms with Crippen LogP contribution in [-0.4, -0.2) is 35.7 Å². The Balaban J connectivity index is 1.86. The van der Waals surface area contributed by atoms with Crippen molar-refractivity contribution < 1.29 is 9.53 Å². The molecule has 2 heterocycles. The maximum Gasteiger partial charge on any atom is 0.252 e. The Morgan fingerprint density at radius 3 is 3.10 bits per heavy atom. The number of carbonyl (C=O) groups is 1. The van der Waals surface area contributed by atoms with Gasteiger partial charge in [-0.3, -0.25) is 4.79 Å². The quantitative estimate of drug-likeness (QED) is 0.848. The van der Waals surface area contributed by atoms with Gasteiger partial charge in [0.2, 0.25) is 0 Å². The molecule has 0 fully saturated rings. The van der Waals surface area contributed by atoms with Crippen molar-refractivity contribution in [1.82, 2.24) is 14.9 Å². The van der Waals surface area contributed by atoms with E-state index in [0.717, 1.165) is 18.1 Å². The first-order valence-corrected chi connectivity index (χ1v) is 7.47. The Bertz CT molecular complexity index is 549. The zero-order valence-electron chi connectivity index (χ0n) is 11.8. The van der Waals surface area contributed by atoms with Crippen LogP contribution in [0.25, 0.3) is 0 Å². The van der Waals surface area contributed by atoms with Gasteiger partial charge in [0.1, 0.15) is 5.82 Å². The number of methoxy groups -OCH3 is 1. The van der Waals surface area contributed by atoms with Crippen molar-refractivity contribution in [1.29, 1.82) is 0 Å². The second-order valence-corrected chi connectivity index (χ2v) is 5.26. The Morgan fingerprint density at radius 1 is 1.55 bits per heavy atom. The molecule has 1 amide bonds. The van der Waals surface area contributed by atoms with E-state index in [0.29, 0.717) is 25.1 Å². The highest BCUT2D eigenvalue weighted by atomic mass is 32.1. The van der Waals surface area contributed by atoms with Gasteiger partial charge in [0, 0.05) is 49.5 Å². The van der Waals surface area contributed by atoms with Crippen LogP contribution in [0.1, 0.15) is 21.9 Å². The molecule has 2 rings (SSSR count). The first kappa shape index (κ1) is 14.7. The summed E-state index contributed by atoms with van der Waals surface area (Å²) >= 11 is 1.52. The van der Waals surface area contributed by atoms with Crippen LogP contribution >= 0.6 is 11.3 Å². The lowest BCUT2D eigenvalue weighted by Gasteiger charge is -2.10. The average Bonchev–Trinajstić information content (AvgIpc) is 3.07. The molecule has 1 N–H and O–H groups in total. The molecule has 2 aromatic heterocycles. The summed E-state index contributed by atoms with van der Waals surface area (Å²) in [5.74, 6) is 0.947. The van der Waals surface area contributed by atoms with Gasteiger partial charge in [-0.25, -0.2) is 4.98 Å². The monoisotopic (exact) mass is 293 g/mol. The molecule has 0 atom stereocenters. The van der Waals surface area contributed by atoms with E-state index in [4.69, 9.17) is 4.74 Å². The predicted molar refractivity (Wildman–Crippen MR) is 79.2 cm³/mol. The van der Waals surface area contributed by atoms with Gasteiger partial charge in [0.15, 0.2) is 0 Å². The van der Waals surface area contributed by atoms with Gasteiger partial charge in [-0.15, -0.1) is 0 Å². The van der Waals surface area contributed by atoms with Crippen molar-refractivity contribution in [3.05, 3.63) is 40.1 Å². The number of nitrogens with one attached hydrogen (secondary N) is 1. The van der Waals surface area contributed by atoms with Crippen LogP contribution < -0.4 is 5.32 Å². The van der Waals surface area contributed by atoms with Crippen molar-refractivity contribution in [3.8, 4) is 0 Å². The van der Waals surface area contributed by atoms with Crippen LogP contribution in [0.15, 0.2) is 23.0 Å². The molecule has 0 aliphatic heterocycles. The van der Waals surface area contributed by atoms with Crippen LogP contribution in [0.4, 0.5) is 0 Å². The highest BCUT2D eigenvalue weighted by Gasteiger charge is 2.08. The first-order chi connectivity index (χ1) is 9.72. The molecular formula is C14H19N3O2S. The molecule has 0 spiro atoms. The summed E-state index contributed by atoms with van der Waals surface area (Å²) in [6.45, 7) is 4.05. The molecule has 0 aliphatic rings. The number of aromatic nitrogens is 2. The number of ether oxygens (including phenoxy) is 1. The molecule has 2 aromatic rings. The molecule has 6 heteroatoms. The van der Waals surface area contributed by atoms with E-state index in [9.17, 15) is 4.79 Å². The minimum absolute atomic E-state index is 0.0297. The number of imidazole rings is 1. The van der Waals surface area contributed by atoms with E-state index in [2.05, 4.69) is 14.9 Å². The predicted octanol–water partition coefficient (Wildman–Crippen LogP) is 1.87. The summed E-state index contributed by atoms with van der Waals surface area (Å²) in [6, 6.07) is 1.82. The third kappa shape index (κ3) is 3.68. The van der Waals surface area contributed by atoms with E-state index in [1.54, 1.807) is 7.11 Å². The number of nitrogens with zero attached hydrogens (tertiary/aromatic N) is 2. The third-order valence-electron chi connectivity index (χ3n) is 3.07. The Labute approximate surface area is 122 Å². The number of carbonyl (C=O) groups excluding carboxylic acids is 1. The molecule has 108 valence electrons. The fraction of sp³-hybridized carbons (Fsp3) is 0.429. The molecule has 0 aliphatic carbocycles. The van der Waals surface area contributed by atoms with E-state index in [1.165, 1.54) is 11.3 Å². The molecular weight excluding hydrogens is 274 g/mol.